The van der Waals surface area contributed by atoms with Crippen LogP contribution in [0.3, 0.4) is 0 Å². The molecule has 4 aliphatic heterocycles. The number of para-hydroxylation sites is 2. The van der Waals surface area contributed by atoms with Gasteiger partial charge in [-0.25, -0.2) is 0 Å². The highest BCUT2D eigenvalue weighted by Gasteiger charge is 2.32. The molecule has 4 unspecified atom stereocenters. The lowest BCUT2D eigenvalue weighted by atomic mass is 10.1. The van der Waals surface area contributed by atoms with Gasteiger partial charge in [0.2, 0.25) is 0 Å². The minimum atomic E-state index is 0.429. The van der Waals surface area contributed by atoms with Gasteiger partial charge < -0.3 is 28.7 Å². The minimum absolute atomic E-state index is 0.429. The van der Waals surface area contributed by atoms with E-state index in [0.29, 0.717) is 24.4 Å². The smallest absolute Gasteiger partial charge is 0.0984 e. The molecule has 4 atom stereocenters. The lowest BCUT2D eigenvalue weighted by molar-refractivity contribution is 0.388. The van der Waals surface area contributed by atoms with Crippen LogP contribution in [0.25, 0.3) is 0 Å². The predicted molar refractivity (Wildman–Crippen MR) is 121 cm³/mol. The van der Waals surface area contributed by atoms with Gasteiger partial charge in [-0.3, -0.25) is 0 Å². The van der Waals surface area contributed by atoms with Crippen LogP contribution in [0.15, 0.2) is 54.6 Å². The van der Waals surface area contributed by atoms with Gasteiger partial charge in [-0.1, -0.05) is 36.4 Å². The normalized spacial score (nSPS) is 27.0. The molecule has 4 aliphatic rings. The predicted octanol–water partition coefficient (Wildman–Crippen LogP) is 2.89. The summed E-state index contributed by atoms with van der Waals surface area (Å²) in [6.45, 7) is 9.76. The summed E-state index contributed by atoms with van der Waals surface area (Å²) in [6, 6.07) is 19.0. The van der Waals surface area contributed by atoms with Gasteiger partial charge >= 0.3 is 0 Å². The average Bonchev–Trinajstić information content (AvgIpc) is 3.63. The van der Waals surface area contributed by atoms with Crippen molar-refractivity contribution >= 4 is 11.4 Å². The van der Waals surface area contributed by atoms with Crippen molar-refractivity contribution in [2.75, 3.05) is 62.4 Å². The molecule has 4 heterocycles. The van der Waals surface area contributed by atoms with E-state index in [0.717, 1.165) is 52.6 Å². The molecule has 0 aliphatic carbocycles. The van der Waals surface area contributed by atoms with Crippen molar-refractivity contribution in [3.8, 4) is 0 Å². The third-order valence-electron chi connectivity index (χ3n) is 5.88. The molecule has 0 N–H and O–H groups in total. The van der Waals surface area contributed by atoms with Gasteiger partial charge in [-0.15, -0.1) is 0 Å². The molecule has 4 saturated heterocycles. The third-order valence-corrected chi connectivity index (χ3v) is 5.88. The lowest BCUT2D eigenvalue weighted by Crippen LogP contribution is -2.32. The summed E-state index contributed by atoms with van der Waals surface area (Å²) < 4.78 is 21.2. The third kappa shape index (κ3) is 6.68. The van der Waals surface area contributed by atoms with Crippen molar-refractivity contribution in [2.24, 2.45) is 0 Å². The summed E-state index contributed by atoms with van der Waals surface area (Å²) in [5.74, 6) is 0. The van der Waals surface area contributed by atoms with Crippen molar-refractivity contribution in [1.82, 2.24) is 0 Å². The fraction of sp³-hybridized carbons (Fsp3) is 0.520. The number of benzene rings is 2. The van der Waals surface area contributed by atoms with Crippen molar-refractivity contribution in [3.05, 3.63) is 60.2 Å². The zero-order valence-electron chi connectivity index (χ0n) is 18.2. The first-order valence-corrected chi connectivity index (χ1v) is 11.3. The number of epoxide rings is 4. The van der Waals surface area contributed by atoms with E-state index in [-0.39, 0.29) is 0 Å². The number of rotatable bonds is 10. The zero-order valence-corrected chi connectivity index (χ0v) is 18.2. The quantitative estimate of drug-likeness (QED) is 0.547. The number of ether oxygens (including phenoxy) is 4. The van der Waals surface area contributed by atoms with Gasteiger partial charge in [-0.2, -0.15) is 0 Å². The number of hydrogen-bond acceptors (Lipinski definition) is 6. The Hall–Kier alpha value is -2.12. The molecule has 31 heavy (non-hydrogen) atoms. The highest BCUT2D eigenvalue weighted by molar-refractivity contribution is 5.53. The number of nitrogens with zero attached hydrogens (tertiary/aromatic N) is 2. The van der Waals surface area contributed by atoms with Crippen LogP contribution in [-0.2, 0) is 18.9 Å². The Labute approximate surface area is 184 Å². The maximum Gasteiger partial charge on any atom is 0.0984 e. The first-order chi connectivity index (χ1) is 15.2. The molecule has 4 fully saturated rings. The molecule has 0 radical (unpaired) electrons. The lowest BCUT2D eigenvalue weighted by Gasteiger charge is -2.25. The Balaban J connectivity index is 0.000000132. The van der Waals surface area contributed by atoms with Gasteiger partial charge in [0.15, 0.2) is 0 Å². The fourth-order valence-corrected chi connectivity index (χ4v) is 3.79. The average molecular weight is 425 g/mol. The van der Waals surface area contributed by atoms with E-state index < -0.39 is 0 Å². The molecule has 0 aromatic heterocycles. The summed E-state index contributed by atoms with van der Waals surface area (Å²) in [5.41, 5.74) is 3.90. The largest absolute Gasteiger partial charge is 0.371 e. The minimum Gasteiger partial charge on any atom is -0.371 e. The van der Waals surface area contributed by atoms with Gasteiger partial charge in [0.1, 0.15) is 0 Å². The molecule has 2 aromatic carbocycles. The van der Waals surface area contributed by atoms with Crippen molar-refractivity contribution in [1.29, 1.82) is 0 Å². The molecule has 2 aromatic rings. The van der Waals surface area contributed by atoms with E-state index in [1.807, 2.05) is 6.07 Å². The zero-order chi connectivity index (χ0) is 21.0. The topological polar surface area (TPSA) is 56.6 Å². The van der Waals surface area contributed by atoms with Crippen LogP contribution in [-0.4, -0.2) is 77.0 Å². The molecule has 0 spiro atoms. The summed E-state index contributed by atoms with van der Waals surface area (Å²) in [7, 11) is 0. The molecule has 0 saturated carbocycles. The van der Waals surface area contributed by atoms with Crippen LogP contribution in [0.2, 0.25) is 0 Å². The molecule has 0 amide bonds. The SMILES string of the molecule is Cc1ccccc1N(CC1CO1)CC1CO1.c1ccc(N(CC2CO2)CC2CO2)cc1. The molecule has 0 bridgehead atoms. The highest BCUT2D eigenvalue weighted by Crippen LogP contribution is 2.25. The van der Waals surface area contributed by atoms with E-state index in [2.05, 4.69) is 65.3 Å². The van der Waals surface area contributed by atoms with Crippen LogP contribution < -0.4 is 9.80 Å². The standard InChI is InChI=1S/C13H17NO2.C12H15NO2/c1-10-4-2-3-5-13(10)14(6-11-8-15-11)7-12-9-16-12;1-2-4-10(5-3-1)13(6-11-8-14-11)7-12-9-15-12/h2-5,11-12H,6-9H2,1H3;1-5,11-12H,6-9H2. The maximum atomic E-state index is 5.32. The Morgan fingerprint density at radius 2 is 1.03 bits per heavy atom. The fourth-order valence-electron chi connectivity index (χ4n) is 3.79. The summed E-state index contributed by atoms with van der Waals surface area (Å²) in [4.78, 5) is 4.75. The maximum absolute atomic E-state index is 5.32. The number of hydrogen-bond donors (Lipinski definition) is 0. The summed E-state index contributed by atoms with van der Waals surface area (Å²) in [6.07, 6.45) is 1.73. The first-order valence-electron chi connectivity index (χ1n) is 11.3. The van der Waals surface area contributed by atoms with Crippen LogP contribution in [0.1, 0.15) is 5.56 Å². The summed E-state index contributed by atoms with van der Waals surface area (Å²) >= 11 is 0. The van der Waals surface area contributed by atoms with Crippen molar-refractivity contribution in [2.45, 2.75) is 31.3 Å². The van der Waals surface area contributed by atoms with Gasteiger partial charge in [0.25, 0.3) is 0 Å². The van der Waals surface area contributed by atoms with E-state index in [4.69, 9.17) is 18.9 Å². The Bertz CT molecular complexity index is 804. The van der Waals surface area contributed by atoms with Gasteiger partial charge in [0, 0.05) is 37.6 Å². The van der Waals surface area contributed by atoms with Gasteiger partial charge in [0.05, 0.1) is 50.8 Å². The van der Waals surface area contributed by atoms with Gasteiger partial charge in [-0.05, 0) is 30.7 Å². The molecular weight excluding hydrogens is 392 g/mol. The van der Waals surface area contributed by atoms with E-state index in [1.165, 1.54) is 16.9 Å². The van der Waals surface area contributed by atoms with E-state index in [9.17, 15) is 0 Å². The van der Waals surface area contributed by atoms with Crippen molar-refractivity contribution in [3.63, 3.8) is 0 Å². The Morgan fingerprint density at radius 1 is 0.613 bits per heavy atom. The second kappa shape index (κ2) is 9.57. The van der Waals surface area contributed by atoms with E-state index >= 15 is 0 Å². The molecule has 6 rings (SSSR count). The van der Waals surface area contributed by atoms with Crippen LogP contribution in [0, 0.1) is 6.92 Å². The second-order valence-corrected chi connectivity index (χ2v) is 8.75. The molecule has 166 valence electrons. The monoisotopic (exact) mass is 424 g/mol. The Morgan fingerprint density at radius 3 is 1.48 bits per heavy atom. The second-order valence-electron chi connectivity index (χ2n) is 8.75. The highest BCUT2D eigenvalue weighted by atomic mass is 16.6. The summed E-state index contributed by atoms with van der Waals surface area (Å²) in [5, 5.41) is 0. The molecule has 6 nitrogen and oxygen atoms in total. The first kappa shape index (κ1) is 20.8. The Kier molecular flexibility index (Phi) is 6.41. The number of aryl methyl sites for hydroxylation is 1. The van der Waals surface area contributed by atoms with Crippen LogP contribution in [0.4, 0.5) is 11.4 Å². The van der Waals surface area contributed by atoms with Crippen LogP contribution >= 0.6 is 0 Å². The van der Waals surface area contributed by atoms with E-state index in [1.54, 1.807) is 0 Å². The van der Waals surface area contributed by atoms with Crippen LogP contribution in [0.5, 0.6) is 0 Å². The molecule has 6 heteroatoms. The number of anilines is 2. The van der Waals surface area contributed by atoms with Crippen molar-refractivity contribution < 1.29 is 18.9 Å². The molecular formula is C25H32N2O4.